The number of carbonyl (C=O) groups is 1. The maximum Gasteiger partial charge on any atom is 0.252 e. The van der Waals surface area contributed by atoms with Gasteiger partial charge in [-0.25, -0.2) is 0 Å². The van der Waals surface area contributed by atoms with Crippen LogP contribution in [-0.4, -0.2) is 24.7 Å². The van der Waals surface area contributed by atoms with Crippen molar-refractivity contribution in [3.63, 3.8) is 0 Å². The van der Waals surface area contributed by atoms with Gasteiger partial charge in [-0.1, -0.05) is 30.3 Å². The molecule has 0 aliphatic rings. The Morgan fingerprint density at radius 3 is 2.62 bits per heavy atom. The lowest BCUT2D eigenvalue weighted by Gasteiger charge is -2.17. The van der Waals surface area contributed by atoms with Crippen molar-refractivity contribution in [1.29, 1.82) is 0 Å². The van der Waals surface area contributed by atoms with E-state index in [9.17, 15) is 9.90 Å². The van der Waals surface area contributed by atoms with Crippen molar-refractivity contribution in [2.75, 3.05) is 19.5 Å². The van der Waals surface area contributed by atoms with E-state index in [0.717, 1.165) is 5.56 Å². The molecule has 2 aromatic carbocycles. The zero-order chi connectivity index (χ0) is 15.2. The molecule has 0 bridgehead atoms. The van der Waals surface area contributed by atoms with Crippen LogP contribution in [0.5, 0.6) is 5.75 Å². The Morgan fingerprint density at radius 2 is 2.00 bits per heavy atom. The number of nitrogens with one attached hydrogen (secondary N) is 1. The largest absolute Gasteiger partial charge is 0.497 e. The number of aliphatic hydroxyl groups excluding tert-OH is 1. The molecule has 0 spiro atoms. The number of carbonyl (C=O) groups excluding carboxylic acids is 1. The topological polar surface area (TPSA) is 84.6 Å². The van der Waals surface area contributed by atoms with E-state index >= 15 is 0 Å². The fourth-order valence-corrected chi connectivity index (χ4v) is 2.03. The van der Waals surface area contributed by atoms with E-state index in [1.807, 2.05) is 30.3 Å². The zero-order valence-corrected chi connectivity index (χ0v) is 11.7. The molecule has 0 unspecified atom stereocenters. The minimum absolute atomic E-state index is 0.185. The van der Waals surface area contributed by atoms with E-state index in [0.29, 0.717) is 17.0 Å². The molecule has 1 amide bonds. The fraction of sp³-hybridized carbons (Fsp3) is 0.188. The Balaban J connectivity index is 2.18. The van der Waals surface area contributed by atoms with Gasteiger partial charge in [-0.3, -0.25) is 4.79 Å². The molecule has 21 heavy (non-hydrogen) atoms. The van der Waals surface area contributed by atoms with Crippen molar-refractivity contribution >= 4 is 11.6 Å². The van der Waals surface area contributed by atoms with Crippen LogP contribution in [-0.2, 0) is 0 Å². The highest BCUT2D eigenvalue weighted by Gasteiger charge is 2.15. The molecule has 4 N–H and O–H groups in total. The van der Waals surface area contributed by atoms with Gasteiger partial charge >= 0.3 is 0 Å². The number of methoxy groups -OCH3 is 1. The Morgan fingerprint density at radius 1 is 1.29 bits per heavy atom. The van der Waals surface area contributed by atoms with Gasteiger partial charge in [-0.2, -0.15) is 0 Å². The van der Waals surface area contributed by atoms with Crippen LogP contribution in [0.25, 0.3) is 0 Å². The molecule has 5 nitrogen and oxygen atoms in total. The third kappa shape index (κ3) is 3.73. The third-order valence-electron chi connectivity index (χ3n) is 3.12. The normalized spacial score (nSPS) is 11.7. The second-order valence-corrected chi connectivity index (χ2v) is 4.61. The first-order valence-corrected chi connectivity index (χ1v) is 6.55. The maximum atomic E-state index is 12.3. The smallest absolute Gasteiger partial charge is 0.252 e. The van der Waals surface area contributed by atoms with Crippen LogP contribution in [0.1, 0.15) is 22.0 Å². The van der Waals surface area contributed by atoms with Crippen LogP contribution in [0.2, 0.25) is 0 Å². The standard InChI is InChI=1S/C16H18N2O3/c1-21-14-8-12(7-13(17)9-14)16(20)18-15(10-19)11-5-3-2-4-6-11/h2-9,15,19H,10,17H2,1H3,(H,18,20)/t15-/m1/s1. The number of nitrogen functional groups attached to an aromatic ring is 1. The van der Waals surface area contributed by atoms with Gasteiger partial charge in [-0.15, -0.1) is 0 Å². The summed E-state index contributed by atoms with van der Waals surface area (Å²) in [5.41, 5.74) is 7.41. The first-order valence-electron chi connectivity index (χ1n) is 6.55. The average molecular weight is 286 g/mol. The number of anilines is 1. The third-order valence-corrected chi connectivity index (χ3v) is 3.12. The minimum atomic E-state index is -0.467. The first kappa shape index (κ1) is 14.9. The van der Waals surface area contributed by atoms with Crippen molar-refractivity contribution in [2.24, 2.45) is 0 Å². The molecule has 110 valence electrons. The number of aliphatic hydroxyl groups is 1. The number of amides is 1. The van der Waals surface area contributed by atoms with E-state index in [2.05, 4.69) is 5.32 Å². The van der Waals surface area contributed by atoms with Gasteiger partial charge in [0, 0.05) is 17.3 Å². The Labute approximate surface area is 123 Å². The molecule has 0 fully saturated rings. The van der Waals surface area contributed by atoms with E-state index in [1.54, 1.807) is 18.2 Å². The lowest BCUT2D eigenvalue weighted by molar-refractivity contribution is 0.0916. The molecule has 2 aromatic rings. The van der Waals surface area contributed by atoms with Crippen molar-refractivity contribution in [1.82, 2.24) is 5.32 Å². The lowest BCUT2D eigenvalue weighted by Crippen LogP contribution is -2.30. The first-order chi connectivity index (χ1) is 10.1. The Kier molecular flexibility index (Phi) is 4.79. The molecular formula is C16H18N2O3. The molecule has 0 saturated heterocycles. The second-order valence-electron chi connectivity index (χ2n) is 4.61. The fourth-order valence-electron chi connectivity index (χ4n) is 2.03. The van der Waals surface area contributed by atoms with E-state index < -0.39 is 6.04 Å². The van der Waals surface area contributed by atoms with Gasteiger partial charge in [0.15, 0.2) is 0 Å². The highest BCUT2D eigenvalue weighted by Crippen LogP contribution is 2.19. The number of hydrogen-bond donors (Lipinski definition) is 3. The molecule has 0 radical (unpaired) electrons. The van der Waals surface area contributed by atoms with Crippen LogP contribution in [0.3, 0.4) is 0 Å². The highest BCUT2D eigenvalue weighted by atomic mass is 16.5. The van der Waals surface area contributed by atoms with Crippen LogP contribution in [0.4, 0.5) is 5.69 Å². The average Bonchev–Trinajstić information content (AvgIpc) is 2.52. The predicted octanol–water partition coefficient (Wildman–Crippen LogP) is 1.74. The van der Waals surface area contributed by atoms with Gasteiger partial charge in [0.25, 0.3) is 5.91 Å². The monoisotopic (exact) mass is 286 g/mol. The van der Waals surface area contributed by atoms with Gasteiger partial charge in [0.2, 0.25) is 0 Å². The summed E-state index contributed by atoms with van der Waals surface area (Å²) in [6, 6.07) is 13.6. The summed E-state index contributed by atoms with van der Waals surface area (Å²) in [5, 5.41) is 12.2. The van der Waals surface area contributed by atoms with Crippen molar-refractivity contribution in [3.8, 4) is 5.75 Å². The molecule has 5 heteroatoms. The zero-order valence-electron chi connectivity index (χ0n) is 11.7. The molecule has 0 heterocycles. The maximum absolute atomic E-state index is 12.3. The predicted molar refractivity (Wildman–Crippen MR) is 81.1 cm³/mol. The summed E-state index contributed by atoms with van der Waals surface area (Å²) in [7, 11) is 1.51. The van der Waals surface area contributed by atoms with Gasteiger partial charge in [-0.05, 0) is 17.7 Å². The molecule has 0 aromatic heterocycles. The minimum Gasteiger partial charge on any atom is -0.497 e. The summed E-state index contributed by atoms with van der Waals surface area (Å²) in [6.07, 6.45) is 0. The van der Waals surface area contributed by atoms with E-state index in [1.165, 1.54) is 7.11 Å². The number of nitrogens with two attached hydrogens (primary N) is 1. The number of benzene rings is 2. The van der Waals surface area contributed by atoms with Crippen molar-refractivity contribution in [3.05, 3.63) is 59.7 Å². The van der Waals surface area contributed by atoms with E-state index in [-0.39, 0.29) is 12.5 Å². The summed E-state index contributed by atoms with van der Waals surface area (Å²) < 4.78 is 5.09. The summed E-state index contributed by atoms with van der Waals surface area (Å²) in [5.74, 6) is 0.198. The van der Waals surface area contributed by atoms with Gasteiger partial charge in [0.05, 0.1) is 19.8 Å². The highest BCUT2D eigenvalue weighted by molar-refractivity contribution is 5.95. The van der Waals surface area contributed by atoms with Crippen molar-refractivity contribution in [2.45, 2.75) is 6.04 Å². The quantitative estimate of drug-likeness (QED) is 0.731. The second kappa shape index (κ2) is 6.76. The number of rotatable bonds is 5. The van der Waals surface area contributed by atoms with Crippen molar-refractivity contribution < 1.29 is 14.6 Å². The summed E-state index contributed by atoms with van der Waals surface area (Å²) in [4.78, 5) is 12.3. The summed E-state index contributed by atoms with van der Waals surface area (Å²) >= 11 is 0. The van der Waals surface area contributed by atoms with Crippen LogP contribution in [0, 0.1) is 0 Å². The molecule has 2 rings (SSSR count). The summed E-state index contributed by atoms with van der Waals surface area (Å²) in [6.45, 7) is -0.185. The van der Waals surface area contributed by atoms with Gasteiger partial charge in [0.1, 0.15) is 5.75 Å². The molecule has 1 atom stereocenters. The number of ether oxygens (including phenoxy) is 1. The lowest BCUT2D eigenvalue weighted by atomic mass is 10.1. The van der Waals surface area contributed by atoms with Crippen LogP contribution >= 0.6 is 0 Å². The van der Waals surface area contributed by atoms with Gasteiger partial charge < -0.3 is 20.9 Å². The van der Waals surface area contributed by atoms with E-state index in [4.69, 9.17) is 10.5 Å². The Bertz CT molecular complexity index is 614. The molecule has 0 aliphatic heterocycles. The molecular weight excluding hydrogens is 268 g/mol. The molecule has 0 aliphatic carbocycles. The van der Waals surface area contributed by atoms with Crippen LogP contribution < -0.4 is 15.8 Å². The number of hydrogen-bond acceptors (Lipinski definition) is 4. The van der Waals surface area contributed by atoms with Crippen LogP contribution in [0.15, 0.2) is 48.5 Å². The Hall–Kier alpha value is -2.53. The SMILES string of the molecule is COc1cc(N)cc(C(=O)N[C@H](CO)c2ccccc2)c1. The molecule has 0 saturated carbocycles.